The molecule has 11 nitrogen and oxygen atoms in total. The number of carbonyl (C=O) groups excluding carboxylic acids is 2. The smallest absolute Gasteiger partial charge is 0.306 e. The van der Waals surface area contributed by atoms with Gasteiger partial charge in [-0.3, -0.25) is 9.59 Å². The average molecular weight is 542 g/mol. The second-order valence-electron chi connectivity index (χ2n) is 10.5. The quantitative estimate of drug-likeness (QED) is 0.536. The van der Waals surface area contributed by atoms with Gasteiger partial charge in [-0.1, -0.05) is 64.2 Å². The Morgan fingerprint density at radius 1 is 0.949 bits per heavy atom. The van der Waals surface area contributed by atoms with E-state index in [1.165, 1.54) is 36.5 Å². The highest BCUT2D eigenvalue weighted by Gasteiger charge is 2.62. The summed E-state index contributed by atoms with van der Waals surface area (Å²) >= 11 is 0. The van der Waals surface area contributed by atoms with E-state index in [-0.39, 0.29) is 24.4 Å². The molecule has 2 aliphatic rings. The molecule has 4 rings (SSSR count). The number of hydrogen-bond acceptors (Lipinski definition) is 10. The zero-order valence-electron chi connectivity index (χ0n) is 22.4. The number of anilines is 1. The lowest BCUT2D eigenvalue weighted by atomic mass is 9.92. The van der Waals surface area contributed by atoms with E-state index >= 15 is 0 Å². The maximum Gasteiger partial charge on any atom is 0.306 e. The number of aromatic nitrogens is 3. The Hall–Kier alpha value is -3.23. The van der Waals surface area contributed by atoms with Gasteiger partial charge in [-0.05, 0) is 25.0 Å². The molecule has 11 heteroatoms. The summed E-state index contributed by atoms with van der Waals surface area (Å²) in [7, 11) is 0. The number of nitriles is 1. The number of aliphatic hydroxyl groups is 1. The molecule has 2 aliphatic heterocycles. The fourth-order valence-corrected chi connectivity index (χ4v) is 5.53. The third kappa shape index (κ3) is 6.68. The van der Waals surface area contributed by atoms with Crippen molar-refractivity contribution in [2.45, 2.75) is 114 Å². The van der Waals surface area contributed by atoms with E-state index in [4.69, 9.17) is 19.9 Å². The number of nitrogens with zero attached hydrogens (tertiary/aromatic N) is 4. The van der Waals surface area contributed by atoms with Gasteiger partial charge in [0.05, 0.1) is 12.3 Å². The minimum absolute atomic E-state index is 0.159. The molecule has 4 heterocycles. The molecule has 4 atom stereocenters. The van der Waals surface area contributed by atoms with E-state index in [0.717, 1.165) is 38.5 Å². The molecule has 212 valence electrons. The Labute approximate surface area is 228 Å². The number of esters is 2. The molecule has 0 radical (unpaired) electrons. The fraction of sp³-hybridized carbons (Fsp3) is 0.679. The molecule has 0 aromatic carbocycles. The minimum atomic E-state index is -1.90. The molecule has 0 amide bonds. The Bertz CT molecular complexity index is 1160. The lowest BCUT2D eigenvalue weighted by Gasteiger charge is -2.28. The van der Waals surface area contributed by atoms with Crippen LogP contribution < -0.4 is 5.73 Å². The van der Waals surface area contributed by atoms with Gasteiger partial charge in [0.15, 0.2) is 18.0 Å². The summed E-state index contributed by atoms with van der Waals surface area (Å²) in [6.07, 6.45) is 10.4. The van der Waals surface area contributed by atoms with Crippen LogP contribution in [0.4, 0.5) is 5.82 Å². The summed E-state index contributed by atoms with van der Waals surface area (Å²) in [5, 5.41) is 24.9. The van der Waals surface area contributed by atoms with E-state index < -0.39 is 42.5 Å². The summed E-state index contributed by atoms with van der Waals surface area (Å²) in [6, 6.07) is 5.37. The zero-order valence-corrected chi connectivity index (χ0v) is 22.4. The topological polar surface area (TPSA) is 162 Å². The molecule has 3 N–H and O–H groups in total. The van der Waals surface area contributed by atoms with E-state index in [0.29, 0.717) is 18.4 Å². The van der Waals surface area contributed by atoms with Gasteiger partial charge in [-0.15, -0.1) is 0 Å². The number of hydrogen-bond donors (Lipinski definition) is 2. The Morgan fingerprint density at radius 3 is 2.08 bits per heavy atom. The number of fused-ring (bicyclic) bond motifs is 2. The van der Waals surface area contributed by atoms with Crippen molar-refractivity contribution in [3.63, 3.8) is 0 Å². The van der Waals surface area contributed by atoms with Gasteiger partial charge in [-0.2, -0.15) is 10.4 Å². The zero-order chi connectivity index (χ0) is 27.7. The number of nitrogens with two attached hydrogens (primary N) is 1. The molecule has 0 aliphatic carbocycles. The molecular weight excluding hydrogens is 502 g/mol. The molecule has 0 unspecified atom stereocenters. The number of carbonyl (C=O) groups is 2. The largest absolute Gasteiger partial charge is 0.455 e. The Kier molecular flexibility index (Phi) is 10.1. The van der Waals surface area contributed by atoms with Crippen molar-refractivity contribution in [1.82, 2.24) is 14.6 Å². The van der Waals surface area contributed by atoms with Crippen LogP contribution in [0.15, 0.2) is 18.5 Å². The first kappa shape index (κ1) is 28.8. The number of ether oxygens (including phenoxy) is 3. The van der Waals surface area contributed by atoms with Crippen molar-refractivity contribution >= 4 is 23.3 Å². The molecule has 0 bridgehead atoms. The molecule has 39 heavy (non-hydrogen) atoms. The van der Waals surface area contributed by atoms with E-state index in [2.05, 4.69) is 16.2 Å². The second-order valence-corrected chi connectivity index (χ2v) is 10.5. The molecule has 2 fully saturated rings. The van der Waals surface area contributed by atoms with Crippen LogP contribution in [0.25, 0.3) is 5.52 Å². The van der Waals surface area contributed by atoms with Gasteiger partial charge in [0.2, 0.25) is 5.60 Å². The predicted molar refractivity (Wildman–Crippen MR) is 141 cm³/mol. The summed E-state index contributed by atoms with van der Waals surface area (Å²) in [5.74, 6) is -0.817. The molecule has 2 aromatic rings. The molecule has 2 aromatic heterocycles. The van der Waals surface area contributed by atoms with Gasteiger partial charge in [0.1, 0.15) is 24.0 Å². The van der Waals surface area contributed by atoms with Crippen LogP contribution in [0.3, 0.4) is 0 Å². The highest BCUT2D eigenvalue weighted by Crippen LogP contribution is 2.43. The standard InChI is InChI=1S/C28H39N5O6/c29-18-28(22-16-15-20-27(30)31-19-32-33(20)22)26-25(21(17-34)39-28)37-23(35)13-11-9-7-5-3-1-2-4-6-8-10-12-14-24(36)38-26/h15-16,19,21,25-26,34H,1-14,17H2,(H2,30,31,32)/t21-,25-,26-,28+/m1/s1. The first-order chi connectivity index (χ1) is 19.0. The summed E-state index contributed by atoms with van der Waals surface area (Å²) < 4.78 is 19.2. The average Bonchev–Trinajstić information content (AvgIpc) is 3.49. The maximum atomic E-state index is 13.0. The van der Waals surface area contributed by atoms with Gasteiger partial charge in [-0.25, -0.2) is 9.50 Å². The van der Waals surface area contributed by atoms with Crippen molar-refractivity contribution < 1.29 is 28.9 Å². The van der Waals surface area contributed by atoms with Crippen LogP contribution in [0, 0.1) is 11.3 Å². The number of nitrogen functional groups attached to an aromatic ring is 1. The van der Waals surface area contributed by atoms with Crippen molar-refractivity contribution in [2.75, 3.05) is 12.3 Å². The lowest BCUT2D eigenvalue weighted by molar-refractivity contribution is -0.169. The van der Waals surface area contributed by atoms with Crippen LogP contribution >= 0.6 is 0 Å². The summed E-state index contributed by atoms with van der Waals surface area (Å²) in [5.41, 5.74) is 4.76. The van der Waals surface area contributed by atoms with Crippen molar-refractivity contribution in [3.8, 4) is 6.07 Å². The maximum absolute atomic E-state index is 13.0. The minimum Gasteiger partial charge on any atom is -0.455 e. The first-order valence-electron chi connectivity index (χ1n) is 14.2. The normalized spacial score (nSPS) is 28.7. The van der Waals surface area contributed by atoms with Gasteiger partial charge in [0, 0.05) is 12.8 Å². The first-order valence-corrected chi connectivity index (χ1v) is 14.2. The lowest BCUT2D eigenvalue weighted by Crippen LogP contribution is -2.46. The van der Waals surface area contributed by atoms with Gasteiger partial charge in [0.25, 0.3) is 0 Å². The van der Waals surface area contributed by atoms with Gasteiger partial charge < -0.3 is 25.1 Å². The van der Waals surface area contributed by atoms with E-state index in [1.54, 1.807) is 12.1 Å². The van der Waals surface area contributed by atoms with Crippen molar-refractivity contribution in [3.05, 3.63) is 24.2 Å². The molecular formula is C28H39N5O6. The highest BCUT2D eigenvalue weighted by atomic mass is 16.6. The third-order valence-electron chi connectivity index (χ3n) is 7.65. The third-order valence-corrected chi connectivity index (χ3v) is 7.65. The van der Waals surface area contributed by atoms with Crippen LogP contribution in [0.1, 0.15) is 95.6 Å². The van der Waals surface area contributed by atoms with Gasteiger partial charge >= 0.3 is 11.9 Å². The fourth-order valence-electron chi connectivity index (χ4n) is 5.53. The van der Waals surface area contributed by atoms with Crippen molar-refractivity contribution in [1.29, 1.82) is 5.26 Å². The number of aliphatic hydroxyl groups excluding tert-OH is 1. The summed E-state index contributed by atoms with van der Waals surface area (Å²) in [6.45, 7) is -0.546. The van der Waals surface area contributed by atoms with Crippen LogP contribution in [0.5, 0.6) is 0 Å². The number of rotatable bonds is 2. The predicted octanol–water partition coefficient (Wildman–Crippen LogP) is 3.72. The molecule has 0 spiro atoms. The van der Waals surface area contributed by atoms with E-state index in [1.807, 2.05) is 0 Å². The monoisotopic (exact) mass is 541 g/mol. The van der Waals surface area contributed by atoms with Crippen LogP contribution in [-0.4, -0.2) is 56.6 Å². The summed E-state index contributed by atoms with van der Waals surface area (Å²) in [4.78, 5) is 29.9. The highest BCUT2D eigenvalue weighted by molar-refractivity contribution is 5.71. The van der Waals surface area contributed by atoms with Crippen LogP contribution in [0.2, 0.25) is 0 Å². The SMILES string of the molecule is N#C[C@@]1(c2ccc3c(N)ncnn23)O[C@H](CO)[C@H]2OC(=O)CCCCCCCCCCCCCCC(=O)O[C@H]21. The second kappa shape index (κ2) is 13.7. The molecule has 0 saturated carbocycles. The van der Waals surface area contributed by atoms with E-state index in [9.17, 15) is 20.0 Å². The Morgan fingerprint density at radius 2 is 1.51 bits per heavy atom. The van der Waals surface area contributed by atoms with Crippen molar-refractivity contribution in [2.24, 2.45) is 0 Å². The molecule has 2 saturated heterocycles. The Balaban J connectivity index is 1.63. The van der Waals surface area contributed by atoms with Crippen LogP contribution in [-0.2, 0) is 29.4 Å².